The van der Waals surface area contributed by atoms with Gasteiger partial charge in [-0.05, 0) is 30.6 Å². The number of hydrogen-bond donors (Lipinski definition) is 3. The van der Waals surface area contributed by atoms with Gasteiger partial charge in [-0.3, -0.25) is 0 Å². The molecule has 5 nitrogen and oxygen atoms in total. The number of hydrogen-bond acceptors (Lipinski definition) is 2. The Morgan fingerprint density at radius 2 is 2.00 bits per heavy atom. The lowest BCUT2D eigenvalue weighted by Gasteiger charge is -2.23. The maximum absolute atomic E-state index is 11.6. The van der Waals surface area contributed by atoms with E-state index in [1.165, 1.54) is 0 Å². The third kappa shape index (κ3) is 4.63. The zero-order valence-corrected chi connectivity index (χ0v) is 10.7. The Morgan fingerprint density at radius 1 is 1.41 bits per heavy atom. The fourth-order valence-corrected chi connectivity index (χ4v) is 1.45. The van der Waals surface area contributed by atoms with Crippen LogP contribution in [0.4, 0.5) is 4.79 Å². The van der Waals surface area contributed by atoms with Gasteiger partial charge in [0.05, 0.1) is 0 Å². The molecule has 1 atom stereocenters. The minimum atomic E-state index is -0.947. The topological polar surface area (TPSA) is 78.4 Å². The average molecular weight is 242 g/mol. The zero-order valence-electron chi connectivity index (χ0n) is 10.7. The Balaban J connectivity index is 2.35. The van der Waals surface area contributed by atoms with Gasteiger partial charge in [-0.25, -0.2) is 9.59 Å². The van der Waals surface area contributed by atoms with Crippen molar-refractivity contribution in [3.63, 3.8) is 0 Å². The predicted octanol–water partition coefficient (Wildman–Crippen LogP) is 1.58. The Morgan fingerprint density at radius 3 is 2.41 bits per heavy atom. The van der Waals surface area contributed by atoms with E-state index >= 15 is 0 Å². The second-order valence-corrected chi connectivity index (χ2v) is 5.50. The van der Waals surface area contributed by atoms with Crippen molar-refractivity contribution in [2.24, 2.45) is 11.3 Å². The smallest absolute Gasteiger partial charge is 0.326 e. The van der Waals surface area contributed by atoms with Gasteiger partial charge in [-0.1, -0.05) is 20.8 Å². The van der Waals surface area contributed by atoms with E-state index in [0.717, 1.165) is 19.3 Å². The number of carbonyl (C=O) groups is 2. The SMILES string of the molecule is CCC(C)(C)CNC(=O)NC(C(=O)O)C1CC1. The molecule has 0 aromatic carbocycles. The van der Waals surface area contributed by atoms with Gasteiger partial charge in [0.1, 0.15) is 6.04 Å². The largest absolute Gasteiger partial charge is 0.480 e. The normalized spacial score (nSPS) is 17.4. The second-order valence-electron chi connectivity index (χ2n) is 5.50. The molecule has 1 rings (SSSR count). The van der Waals surface area contributed by atoms with Crippen LogP contribution in [0.3, 0.4) is 0 Å². The van der Waals surface area contributed by atoms with Crippen LogP contribution in [0.5, 0.6) is 0 Å². The number of nitrogens with one attached hydrogen (secondary N) is 2. The third-order valence-corrected chi connectivity index (χ3v) is 3.33. The van der Waals surface area contributed by atoms with Crippen molar-refractivity contribution < 1.29 is 14.7 Å². The molecule has 0 radical (unpaired) electrons. The number of urea groups is 1. The van der Waals surface area contributed by atoms with E-state index in [9.17, 15) is 9.59 Å². The van der Waals surface area contributed by atoms with Crippen LogP contribution in [-0.2, 0) is 4.79 Å². The van der Waals surface area contributed by atoms with Gasteiger partial charge in [-0.15, -0.1) is 0 Å². The minimum absolute atomic E-state index is 0.0373. The fourth-order valence-electron chi connectivity index (χ4n) is 1.45. The Bertz CT molecular complexity index is 298. The standard InChI is InChI=1S/C12H22N2O3/c1-4-12(2,3)7-13-11(17)14-9(10(15)16)8-5-6-8/h8-9H,4-7H2,1-3H3,(H,15,16)(H2,13,14,17). The lowest BCUT2D eigenvalue weighted by molar-refractivity contribution is -0.139. The van der Waals surface area contributed by atoms with Crippen LogP contribution in [-0.4, -0.2) is 29.7 Å². The number of carboxylic acid groups (broad SMARTS) is 1. The average Bonchev–Trinajstić information content (AvgIpc) is 3.06. The van der Waals surface area contributed by atoms with Crippen LogP contribution in [0.25, 0.3) is 0 Å². The predicted molar refractivity (Wildman–Crippen MR) is 64.8 cm³/mol. The van der Waals surface area contributed by atoms with Crippen LogP contribution >= 0.6 is 0 Å². The number of aliphatic carboxylic acids is 1. The third-order valence-electron chi connectivity index (χ3n) is 3.33. The van der Waals surface area contributed by atoms with Crippen molar-refractivity contribution in [3.8, 4) is 0 Å². The van der Waals surface area contributed by atoms with Crippen LogP contribution in [0.2, 0.25) is 0 Å². The molecule has 17 heavy (non-hydrogen) atoms. The number of carboxylic acids is 1. The Hall–Kier alpha value is -1.26. The number of rotatable bonds is 6. The lowest BCUT2D eigenvalue weighted by Crippen LogP contribution is -2.48. The summed E-state index contributed by atoms with van der Waals surface area (Å²) in [5, 5.41) is 14.2. The Kier molecular flexibility index (Phi) is 4.37. The molecular weight excluding hydrogens is 220 g/mol. The van der Waals surface area contributed by atoms with E-state index in [-0.39, 0.29) is 17.4 Å². The number of amides is 2. The van der Waals surface area contributed by atoms with Crippen molar-refractivity contribution in [2.75, 3.05) is 6.54 Å². The van der Waals surface area contributed by atoms with Gasteiger partial charge in [0.15, 0.2) is 0 Å². The van der Waals surface area contributed by atoms with E-state index in [1.54, 1.807) is 0 Å². The van der Waals surface area contributed by atoms with E-state index in [1.807, 2.05) is 0 Å². The van der Waals surface area contributed by atoms with Gasteiger partial charge in [0.25, 0.3) is 0 Å². The van der Waals surface area contributed by atoms with Crippen LogP contribution in [0.1, 0.15) is 40.0 Å². The highest BCUT2D eigenvalue weighted by atomic mass is 16.4. The molecule has 1 fully saturated rings. The first-order chi connectivity index (χ1) is 7.85. The van der Waals surface area contributed by atoms with Crippen molar-refractivity contribution >= 4 is 12.0 Å². The molecule has 0 spiro atoms. The maximum Gasteiger partial charge on any atom is 0.326 e. The van der Waals surface area contributed by atoms with Crippen molar-refractivity contribution in [1.82, 2.24) is 10.6 Å². The molecular formula is C12H22N2O3. The van der Waals surface area contributed by atoms with Crippen LogP contribution in [0, 0.1) is 11.3 Å². The van der Waals surface area contributed by atoms with Gasteiger partial charge < -0.3 is 15.7 Å². The van der Waals surface area contributed by atoms with Gasteiger partial charge in [-0.2, -0.15) is 0 Å². The molecule has 0 aromatic rings. The highest BCUT2D eigenvalue weighted by molar-refractivity contribution is 5.83. The first-order valence-electron chi connectivity index (χ1n) is 6.13. The molecule has 1 unspecified atom stereocenters. The van der Waals surface area contributed by atoms with E-state index in [4.69, 9.17) is 5.11 Å². The summed E-state index contributed by atoms with van der Waals surface area (Å²) >= 11 is 0. The summed E-state index contributed by atoms with van der Waals surface area (Å²) in [5.74, 6) is -0.838. The van der Waals surface area contributed by atoms with E-state index in [2.05, 4.69) is 31.4 Å². The molecule has 1 aliphatic carbocycles. The summed E-state index contributed by atoms with van der Waals surface area (Å²) in [7, 11) is 0. The first-order valence-corrected chi connectivity index (χ1v) is 6.13. The summed E-state index contributed by atoms with van der Waals surface area (Å²) in [6.45, 7) is 6.72. The molecule has 2 amide bonds. The zero-order chi connectivity index (χ0) is 13.1. The van der Waals surface area contributed by atoms with Crippen LogP contribution in [0.15, 0.2) is 0 Å². The summed E-state index contributed by atoms with van der Waals surface area (Å²) < 4.78 is 0. The van der Waals surface area contributed by atoms with Gasteiger partial charge in [0, 0.05) is 6.54 Å². The molecule has 0 saturated heterocycles. The Labute approximate surface area is 102 Å². The molecule has 98 valence electrons. The van der Waals surface area contributed by atoms with E-state index in [0.29, 0.717) is 6.54 Å². The van der Waals surface area contributed by atoms with Crippen LogP contribution < -0.4 is 10.6 Å². The molecule has 1 aliphatic rings. The summed E-state index contributed by atoms with van der Waals surface area (Å²) in [6, 6.07) is -1.12. The van der Waals surface area contributed by atoms with Crippen molar-refractivity contribution in [2.45, 2.75) is 46.1 Å². The monoisotopic (exact) mass is 242 g/mol. The molecule has 0 heterocycles. The highest BCUT2D eigenvalue weighted by Crippen LogP contribution is 2.32. The highest BCUT2D eigenvalue weighted by Gasteiger charge is 2.37. The minimum Gasteiger partial charge on any atom is -0.480 e. The first kappa shape index (κ1) is 13.8. The van der Waals surface area contributed by atoms with Gasteiger partial charge >= 0.3 is 12.0 Å². The summed E-state index contributed by atoms with van der Waals surface area (Å²) in [5.41, 5.74) is 0.0373. The lowest BCUT2D eigenvalue weighted by atomic mass is 9.90. The fraction of sp³-hybridized carbons (Fsp3) is 0.833. The molecule has 0 bridgehead atoms. The summed E-state index contributed by atoms with van der Waals surface area (Å²) in [6.07, 6.45) is 2.73. The number of carbonyl (C=O) groups excluding carboxylic acids is 1. The van der Waals surface area contributed by atoms with Crippen molar-refractivity contribution in [1.29, 1.82) is 0 Å². The summed E-state index contributed by atoms with van der Waals surface area (Å²) in [4.78, 5) is 22.5. The molecule has 5 heteroatoms. The van der Waals surface area contributed by atoms with E-state index < -0.39 is 12.0 Å². The second kappa shape index (κ2) is 5.38. The maximum atomic E-state index is 11.6. The van der Waals surface area contributed by atoms with Gasteiger partial charge in [0.2, 0.25) is 0 Å². The quantitative estimate of drug-likeness (QED) is 0.661. The molecule has 1 saturated carbocycles. The molecule has 0 aromatic heterocycles. The molecule has 0 aliphatic heterocycles. The molecule has 3 N–H and O–H groups in total. The van der Waals surface area contributed by atoms with Crippen molar-refractivity contribution in [3.05, 3.63) is 0 Å².